The van der Waals surface area contributed by atoms with Crippen LogP contribution in [0, 0.1) is 0 Å². The summed E-state index contributed by atoms with van der Waals surface area (Å²) in [6.45, 7) is 4.84. The predicted octanol–water partition coefficient (Wildman–Crippen LogP) is 2.79. The van der Waals surface area contributed by atoms with Gasteiger partial charge in [-0.25, -0.2) is 0 Å². The number of ether oxygens (including phenoxy) is 2. The SMILES string of the molecule is COc1ccc(C(CN)N2CCSC(C)C2)c(Cl)c1OC. The van der Waals surface area contributed by atoms with Gasteiger partial charge in [0.15, 0.2) is 11.5 Å². The quantitative estimate of drug-likeness (QED) is 0.899. The van der Waals surface area contributed by atoms with Crippen LogP contribution in [0.25, 0.3) is 0 Å². The highest BCUT2D eigenvalue weighted by molar-refractivity contribution is 7.99. The minimum atomic E-state index is 0.112. The van der Waals surface area contributed by atoms with Crippen molar-refractivity contribution in [3.63, 3.8) is 0 Å². The average Bonchev–Trinajstić information content (AvgIpc) is 2.49. The average molecular weight is 331 g/mol. The van der Waals surface area contributed by atoms with E-state index in [1.807, 2.05) is 23.9 Å². The molecule has 0 bridgehead atoms. The molecule has 1 aromatic rings. The molecule has 1 saturated heterocycles. The number of benzene rings is 1. The Morgan fingerprint density at radius 1 is 1.43 bits per heavy atom. The monoisotopic (exact) mass is 330 g/mol. The molecular formula is C15H23ClN2O2S. The van der Waals surface area contributed by atoms with E-state index in [0.29, 0.717) is 28.3 Å². The highest BCUT2D eigenvalue weighted by Crippen LogP contribution is 2.41. The third kappa shape index (κ3) is 3.59. The van der Waals surface area contributed by atoms with Crippen molar-refractivity contribution in [2.24, 2.45) is 5.73 Å². The molecule has 0 radical (unpaired) electrons. The fourth-order valence-electron chi connectivity index (χ4n) is 2.76. The number of methoxy groups -OCH3 is 2. The Morgan fingerprint density at radius 2 is 2.19 bits per heavy atom. The first-order valence-electron chi connectivity index (χ1n) is 7.08. The minimum Gasteiger partial charge on any atom is -0.493 e. The standard InChI is InChI=1S/C15H23ClN2O2S/c1-10-9-18(6-7-21-10)12(8-17)11-4-5-13(19-2)15(20-3)14(11)16/h4-5,10,12H,6-9,17H2,1-3H3. The highest BCUT2D eigenvalue weighted by Gasteiger charge is 2.27. The molecule has 0 saturated carbocycles. The Balaban J connectivity index is 2.33. The van der Waals surface area contributed by atoms with Crippen LogP contribution in [0.3, 0.4) is 0 Å². The molecule has 1 aliphatic heterocycles. The molecular weight excluding hydrogens is 308 g/mol. The van der Waals surface area contributed by atoms with Gasteiger partial charge in [0.2, 0.25) is 0 Å². The van der Waals surface area contributed by atoms with Crippen molar-refractivity contribution < 1.29 is 9.47 Å². The largest absolute Gasteiger partial charge is 0.493 e. The third-order valence-electron chi connectivity index (χ3n) is 3.81. The van der Waals surface area contributed by atoms with Crippen LogP contribution in [0.4, 0.5) is 0 Å². The topological polar surface area (TPSA) is 47.7 Å². The number of nitrogens with two attached hydrogens (primary N) is 1. The molecule has 118 valence electrons. The second-order valence-electron chi connectivity index (χ2n) is 5.13. The molecule has 1 aromatic carbocycles. The fraction of sp³-hybridized carbons (Fsp3) is 0.600. The Hall–Kier alpha value is -0.620. The second-order valence-corrected chi connectivity index (χ2v) is 7.06. The number of nitrogens with zero attached hydrogens (tertiary/aromatic N) is 1. The summed E-state index contributed by atoms with van der Waals surface area (Å²) in [6.07, 6.45) is 0. The maximum absolute atomic E-state index is 6.53. The van der Waals surface area contributed by atoms with Gasteiger partial charge in [-0.15, -0.1) is 0 Å². The fourth-order valence-corrected chi connectivity index (χ4v) is 4.16. The summed E-state index contributed by atoms with van der Waals surface area (Å²) >= 11 is 8.53. The van der Waals surface area contributed by atoms with Crippen molar-refractivity contribution in [2.45, 2.75) is 18.2 Å². The maximum atomic E-state index is 6.53. The molecule has 2 rings (SSSR count). The Kier molecular flexibility index (Phi) is 6.05. The van der Waals surface area contributed by atoms with Gasteiger partial charge in [-0.1, -0.05) is 24.6 Å². The number of halogens is 1. The van der Waals surface area contributed by atoms with Crippen molar-refractivity contribution in [1.82, 2.24) is 4.90 Å². The first-order chi connectivity index (χ1) is 10.1. The molecule has 1 fully saturated rings. The van der Waals surface area contributed by atoms with Gasteiger partial charge in [0, 0.05) is 36.7 Å². The van der Waals surface area contributed by atoms with Gasteiger partial charge in [0.25, 0.3) is 0 Å². The van der Waals surface area contributed by atoms with E-state index in [-0.39, 0.29) is 6.04 Å². The van der Waals surface area contributed by atoms with Gasteiger partial charge >= 0.3 is 0 Å². The third-order valence-corrected chi connectivity index (χ3v) is 5.34. The molecule has 4 nitrogen and oxygen atoms in total. The zero-order valence-electron chi connectivity index (χ0n) is 12.8. The molecule has 0 aliphatic carbocycles. The van der Waals surface area contributed by atoms with Crippen LogP contribution < -0.4 is 15.2 Å². The van der Waals surface area contributed by atoms with Crippen molar-refractivity contribution in [1.29, 1.82) is 0 Å². The summed E-state index contributed by atoms with van der Waals surface area (Å²) in [5.74, 6) is 2.35. The maximum Gasteiger partial charge on any atom is 0.179 e. The van der Waals surface area contributed by atoms with Crippen LogP contribution in [0.5, 0.6) is 11.5 Å². The van der Waals surface area contributed by atoms with E-state index >= 15 is 0 Å². The van der Waals surface area contributed by atoms with E-state index in [1.54, 1.807) is 14.2 Å². The van der Waals surface area contributed by atoms with Gasteiger partial charge in [0.1, 0.15) is 0 Å². The summed E-state index contributed by atoms with van der Waals surface area (Å²) in [4.78, 5) is 2.41. The van der Waals surface area contributed by atoms with Gasteiger partial charge in [-0.05, 0) is 11.6 Å². The lowest BCUT2D eigenvalue weighted by atomic mass is 10.0. The molecule has 1 heterocycles. The Morgan fingerprint density at radius 3 is 2.76 bits per heavy atom. The van der Waals surface area contributed by atoms with Gasteiger partial charge in [-0.3, -0.25) is 4.90 Å². The minimum absolute atomic E-state index is 0.112. The molecule has 0 aromatic heterocycles. The van der Waals surface area contributed by atoms with Gasteiger partial charge in [-0.2, -0.15) is 11.8 Å². The number of rotatable bonds is 5. The van der Waals surface area contributed by atoms with Crippen LogP contribution in [-0.2, 0) is 0 Å². The Labute approximate surface area is 135 Å². The first-order valence-corrected chi connectivity index (χ1v) is 8.51. The van der Waals surface area contributed by atoms with Crippen molar-refractivity contribution in [3.8, 4) is 11.5 Å². The van der Waals surface area contributed by atoms with Crippen LogP contribution in [0.1, 0.15) is 18.5 Å². The molecule has 0 spiro atoms. The summed E-state index contributed by atoms with van der Waals surface area (Å²) in [5, 5.41) is 1.21. The van der Waals surface area contributed by atoms with Crippen molar-refractivity contribution in [2.75, 3.05) is 39.6 Å². The lowest BCUT2D eigenvalue weighted by Crippen LogP contribution is -2.42. The highest BCUT2D eigenvalue weighted by atomic mass is 35.5. The van der Waals surface area contributed by atoms with E-state index < -0.39 is 0 Å². The summed E-state index contributed by atoms with van der Waals surface area (Å²) in [7, 11) is 3.21. The molecule has 6 heteroatoms. The van der Waals surface area contributed by atoms with Crippen molar-refractivity contribution in [3.05, 3.63) is 22.7 Å². The van der Waals surface area contributed by atoms with Crippen molar-refractivity contribution >= 4 is 23.4 Å². The number of hydrogen-bond donors (Lipinski definition) is 1. The molecule has 1 aliphatic rings. The second kappa shape index (κ2) is 7.58. The zero-order chi connectivity index (χ0) is 15.4. The van der Waals surface area contributed by atoms with Crippen LogP contribution in [0.2, 0.25) is 5.02 Å². The van der Waals surface area contributed by atoms with Crippen LogP contribution in [0.15, 0.2) is 12.1 Å². The normalized spacial score (nSPS) is 21.1. The van der Waals surface area contributed by atoms with E-state index in [9.17, 15) is 0 Å². The van der Waals surface area contributed by atoms with E-state index in [0.717, 1.165) is 24.4 Å². The lowest BCUT2D eigenvalue weighted by Gasteiger charge is -2.37. The molecule has 0 amide bonds. The first kappa shape index (κ1) is 16.7. The molecule has 2 N–H and O–H groups in total. The Bertz CT molecular complexity index is 487. The smallest absolute Gasteiger partial charge is 0.179 e. The summed E-state index contributed by atoms with van der Waals surface area (Å²) in [5.41, 5.74) is 7.04. The van der Waals surface area contributed by atoms with E-state index in [1.165, 1.54) is 0 Å². The number of hydrogen-bond acceptors (Lipinski definition) is 5. The number of thioether (sulfide) groups is 1. The lowest BCUT2D eigenvalue weighted by molar-refractivity contribution is 0.210. The molecule has 2 atom stereocenters. The van der Waals surface area contributed by atoms with E-state index in [4.69, 9.17) is 26.8 Å². The summed E-state index contributed by atoms with van der Waals surface area (Å²) < 4.78 is 10.7. The van der Waals surface area contributed by atoms with Crippen LogP contribution >= 0.6 is 23.4 Å². The summed E-state index contributed by atoms with van der Waals surface area (Å²) in [6, 6.07) is 4.00. The van der Waals surface area contributed by atoms with Gasteiger partial charge < -0.3 is 15.2 Å². The zero-order valence-corrected chi connectivity index (χ0v) is 14.3. The van der Waals surface area contributed by atoms with Crippen LogP contribution in [-0.4, -0.2) is 49.8 Å². The molecule has 2 unspecified atom stereocenters. The van der Waals surface area contributed by atoms with E-state index in [2.05, 4.69) is 11.8 Å². The molecule has 21 heavy (non-hydrogen) atoms. The van der Waals surface area contributed by atoms with Gasteiger partial charge in [0.05, 0.1) is 19.2 Å². The predicted molar refractivity (Wildman–Crippen MR) is 89.8 cm³/mol.